The van der Waals surface area contributed by atoms with Gasteiger partial charge in [-0.1, -0.05) is 18.2 Å². The summed E-state index contributed by atoms with van der Waals surface area (Å²) in [6.45, 7) is 2.87. The minimum Gasteiger partial charge on any atom is -0.392 e. The van der Waals surface area contributed by atoms with Crippen molar-refractivity contribution in [2.75, 3.05) is 6.54 Å². The Labute approximate surface area is 138 Å². The van der Waals surface area contributed by atoms with Crippen LogP contribution in [0.15, 0.2) is 42.6 Å². The van der Waals surface area contributed by atoms with Crippen LogP contribution < -0.4 is 0 Å². The number of hydrogen-bond donors (Lipinski definition) is 1. The Morgan fingerprint density at radius 3 is 2.71 bits per heavy atom. The molecule has 0 spiro atoms. The van der Waals surface area contributed by atoms with Crippen LogP contribution in [-0.4, -0.2) is 27.6 Å². The quantitative estimate of drug-likeness (QED) is 0.928. The second-order valence-corrected chi connectivity index (χ2v) is 6.28. The van der Waals surface area contributed by atoms with Gasteiger partial charge in [-0.25, -0.2) is 0 Å². The minimum atomic E-state index is -4.36. The number of pyridine rings is 1. The lowest BCUT2D eigenvalue weighted by Crippen LogP contribution is -2.25. The summed E-state index contributed by atoms with van der Waals surface area (Å²) >= 11 is 0. The molecule has 3 nitrogen and oxygen atoms in total. The zero-order chi connectivity index (χ0) is 17.3. The summed E-state index contributed by atoms with van der Waals surface area (Å²) in [4.78, 5) is 6.33. The molecule has 2 unspecified atom stereocenters. The van der Waals surface area contributed by atoms with Crippen LogP contribution in [0.4, 0.5) is 13.2 Å². The molecule has 2 atom stereocenters. The monoisotopic (exact) mass is 336 g/mol. The van der Waals surface area contributed by atoms with Crippen LogP contribution in [0.1, 0.15) is 34.8 Å². The summed E-state index contributed by atoms with van der Waals surface area (Å²) in [5.74, 6) is 0. The van der Waals surface area contributed by atoms with Gasteiger partial charge in [0, 0.05) is 25.3 Å². The molecule has 3 rings (SSSR count). The highest BCUT2D eigenvalue weighted by Gasteiger charge is 2.35. The van der Waals surface area contributed by atoms with Gasteiger partial charge in [0.1, 0.15) is 0 Å². The van der Waals surface area contributed by atoms with E-state index in [0.29, 0.717) is 25.1 Å². The molecule has 1 aliphatic rings. The smallest absolute Gasteiger partial charge is 0.392 e. The van der Waals surface area contributed by atoms with Crippen molar-refractivity contribution in [2.45, 2.75) is 38.2 Å². The van der Waals surface area contributed by atoms with E-state index in [1.165, 1.54) is 12.1 Å². The van der Waals surface area contributed by atoms with Crippen LogP contribution in [0.3, 0.4) is 0 Å². The van der Waals surface area contributed by atoms with E-state index in [4.69, 9.17) is 0 Å². The first-order chi connectivity index (χ1) is 11.3. The van der Waals surface area contributed by atoms with E-state index in [9.17, 15) is 18.3 Å². The summed E-state index contributed by atoms with van der Waals surface area (Å²) in [6.07, 6.45) is -2.72. The number of alkyl halides is 3. The number of halogens is 3. The van der Waals surface area contributed by atoms with Crippen molar-refractivity contribution in [3.63, 3.8) is 0 Å². The Hall–Kier alpha value is -1.92. The largest absolute Gasteiger partial charge is 0.416 e. The summed E-state index contributed by atoms with van der Waals surface area (Å²) in [5.41, 5.74) is 1.81. The molecule has 1 saturated heterocycles. The molecule has 1 N–H and O–H groups in total. The van der Waals surface area contributed by atoms with E-state index in [1.54, 1.807) is 12.3 Å². The van der Waals surface area contributed by atoms with Crippen LogP contribution in [0, 0.1) is 6.92 Å². The number of likely N-dealkylation sites (tertiary alicyclic amines) is 1. The van der Waals surface area contributed by atoms with Crippen molar-refractivity contribution >= 4 is 0 Å². The molecule has 1 aromatic heterocycles. The number of rotatable bonds is 3. The van der Waals surface area contributed by atoms with Gasteiger partial charge in [-0.05, 0) is 42.7 Å². The van der Waals surface area contributed by atoms with Crippen molar-refractivity contribution in [3.05, 3.63) is 65.0 Å². The topological polar surface area (TPSA) is 36.4 Å². The van der Waals surface area contributed by atoms with E-state index in [1.807, 2.05) is 24.0 Å². The maximum absolute atomic E-state index is 12.9. The molecule has 24 heavy (non-hydrogen) atoms. The summed E-state index contributed by atoms with van der Waals surface area (Å²) < 4.78 is 38.8. The number of aliphatic hydroxyl groups excluding tert-OH is 1. The highest BCUT2D eigenvalue weighted by atomic mass is 19.4. The third-order valence-corrected chi connectivity index (χ3v) is 4.32. The van der Waals surface area contributed by atoms with Gasteiger partial charge in [0.15, 0.2) is 0 Å². The zero-order valence-electron chi connectivity index (χ0n) is 13.3. The van der Waals surface area contributed by atoms with Gasteiger partial charge >= 0.3 is 6.18 Å². The highest BCUT2D eigenvalue weighted by Crippen LogP contribution is 2.36. The maximum Gasteiger partial charge on any atom is 0.416 e. The van der Waals surface area contributed by atoms with Crippen molar-refractivity contribution in [2.24, 2.45) is 0 Å². The van der Waals surface area contributed by atoms with Gasteiger partial charge in [-0.15, -0.1) is 0 Å². The molecular formula is C18H19F3N2O. The number of hydrogen-bond acceptors (Lipinski definition) is 3. The molecule has 0 aliphatic carbocycles. The molecule has 2 aromatic rings. The third kappa shape index (κ3) is 3.76. The second kappa shape index (κ2) is 6.53. The van der Waals surface area contributed by atoms with E-state index in [0.717, 1.165) is 17.3 Å². The predicted octanol–water partition coefficient (Wildman–Crippen LogP) is 3.72. The first kappa shape index (κ1) is 16.9. The fourth-order valence-electron chi connectivity index (χ4n) is 3.12. The lowest BCUT2D eigenvalue weighted by Gasteiger charge is -2.24. The molecule has 1 aromatic carbocycles. The fourth-order valence-corrected chi connectivity index (χ4v) is 3.12. The van der Waals surface area contributed by atoms with Crippen LogP contribution in [0.5, 0.6) is 0 Å². The Kier molecular flexibility index (Phi) is 4.60. The molecule has 0 saturated carbocycles. The van der Waals surface area contributed by atoms with E-state index in [-0.39, 0.29) is 6.04 Å². The van der Waals surface area contributed by atoms with Crippen molar-refractivity contribution < 1.29 is 18.3 Å². The predicted molar refractivity (Wildman–Crippen MR) is 84.2 cm³/mol. The Balaban J connectivity index is 1.84. The number of β-amino-alcohol motifs (C(OH)–C–C–N with tert-alkyl or cyclic N) is 1. The van der Waals surface area contributed by atoms with E-state index in [2.05, 4.69) is 4.98 Å². The maximum atomic E-state index is 12.9. The molecule has 0 bridgehead atoms. The number of nitrogens with zero attached hydrogens (tertiary/aromatic N) is 2. The number of benzene rings is 1. The summed E-state index contributed by atoms with van der Waals surface area (Å²) in [7, 11) is 0. The number of aromatic nitrogens is 1. The van der Waals surface area contributed by atoms with Crippen LogP contribution in [0.25, 0.3) is 0 Å². The molecule has 6 heteroatoms. The van der Waals surface area contributed by atoms with E-state index >= 15 is 0 Å². The standard InChI is InChI=1S/C18H19F3N2O/c1-12-5-6-15(22-9-12)10-23-11-16(24)8-17(23)13-3-2-4-14(7-13)18(19,20)21/h2-7,9,16-17,24H,8,10-11H2,1H3. The fraction of sp³-hybridized carbons (Fsp3) is 0.389. The number of aryl methyl sites for hydroxylation is 1. The van der Waals surface area contributed by atoms with Gasteiger partial charge in [0.05, 0.1) is 17.4 Å². The molecule has 0 amide bonds. The number of aliphatic hydroxyl groups is 1. The summed E-state index contributed by atoms with van der Waals surface area (Å²) in [6, 6.07) is 8.97. The van der Waals surface area contributed by atoms with Gasteiger partial charge in [-0.3, -0.25) is 9.88 Å². The molecular weight excluding hydrogens is 317 g/mol. The Bertz CT molecular complexity index is 700. The highest BCUT2D eigenvalue weighted by molar-refractivity contribution is 5.29. The lowest BCUT2D eigenvalue weighted by atomic mass is 10.0. The average Bonchev–Trinajstić information content (AvgIpc) is 2.89. The SMILES string of the molecule is Cc1ccc(CN2CC(O)CC2c2cccc(C(F)(F)F)c2)nc1. The summed E-state index contributed by atoms with van der Waals surface area (Å²) in [5, 5.41) is 10.00. The van der Waals surface area contributed by atoms with Crippen molar-refractivity contribution in [3.8, 4) is 0 Å². The zero-order valence-corrected chi connectivity index (χ0v) is 13.3. The van der Waals surface area contributed by atoms with Gasteiger partial charge < -0.3 is 5.11 Å². The normalized spacial score (nSPS) is 22.0. The van der Waals surface area contributed by atoms with Crippen LogP contribution in [-0.2, 0) is 12.7 Å². The lowest BCUT2D eigenvalue weighted by molar-refractivity contribution is -0.137. The van der Waals surface area contributed by atoms with Gasteiger partial charge in [0.25, 0.3) is 0 Å². The van der Waals surface area contributed by atoms with Crippen molar-refractivity contribution in [1.29, 1.82) is 0 Å². The van der Waals surface area contributed by atoms with Crippen LogP contribution >= 0.6 is 0 Å². The van der Waals surface area contributed by atoms with Crippen molar-refractivity contribution in [1.82, 2.24) is 9.88 Å². The molecule has 1 aliphatic heterocycles. The Morgan fingerprint density at radius 2 is 2.04 bits per heavy atom. The van der Waals surface area contributed by atoms with Gasteiger partial charge in [0.2, 0.25) is 0 Å². The molecule has 2 heterocycles. The van der Waals surface area contributed by atoms with Crippen LogP contribution in [0.2, 0.25) is 0 Å². The Morgan fingerprint density at radius 1 is 1.25 bits per heavy atom. The van der Waals surface area contributed by atoms with Gasteiger partial charge in [-0.2, -0.15) is 13.2 Å². The third-order valence-electron chi connectivity index (χ3n) is 4.32. The first-order valence-electron chi connectivity index (χ1n) is 7.84. The molecule has 1 fully saturated rings. The van der Waals surface area contributed by atoms with E-state index < -0.39 is 17.8 Å². The molecule has 128 valence electrons. The average molecular weight is 336 g/mol. The first-order valence-corrected chi connectivity index (χ1v) is 7.84. The molecule has 0 radical (unpaired) electrons. The second-order valence-electron chi connectivity index (χ2n) is 6.28. The minimum absolute atomic E-state index is 0.245.